The van der Waals surface area contributed by atoms with Crippen LogP contribution in [0.3, 0.4) is 0 Å². The van der Waals surface area contributed by atoms with Gasteiger partial charge in [0.25, 0.3) is 0 Å². The van der Waals surface area contributed by atoms with Crippen molar-refractivity contribution in [2.45, 2.75) is 25.1 Å². The van der Waals surface area contributed by atoms with Crippen LogP contribution in [0.25, 0.3) is 0 Å². The van der Waals surface area contributed by atoms with Crippen molar-refractivity contribution in [3.05, 3.63) is 17.5 Å². The summed E-state index contributed by atoms with van der Waals surface area (Å²) in [6.45, 7) is -0.481. The molecule has 1 fully saturated rings. The number of nitrogens with one attached hydrogen (secondary N) is 1. The molecule has 1 saturated heterocycles. The van der Waals surface area contributed by atoms with Crippen molar-refractivity contribution in [1.82, 2.24) is 4.90 Å². The van der Waals surface area contributed by atoms with Crippen LogP contribution in [0.15, 0.2) is 17.5 Å². The summed E-state index contributed by atoms with van der Waals surface area (Å²) in [5.74, 6) is 0. The quantitative estimate of drug-likeness (QED) is 0.930. The summed E-state index contributed by atoms with van der Waals surface area (Å²) in [7, 11) is 0. The van der Waals surface area contributed by atoms with Crippen molar-refractivity contribution in [1.29, 1.82) is 0 Å². The summed E-state index contributed by atoms with van der Waals surface area (Å²) < 4.78 is 43.1. The first-order valence-electron chi connectivity index (χ1n) is 6.21. The topological polar surface area (TPSA) is 41.6 Å². The number of carbonyl (C=O) groups excluding carboxylic acids is 1. The summed E-state index contributed by atoms with van der Waals surface area (Å²) in [5, 5.41) is 4.79. The van der Waals surface area contributed by atoms with E-state index in [2.05, 4.69) is 5.32 Å². The highest BCUT2D eigenvalue weighted by molar-refractivity contribution is 7.14. The molecule has 0 spiro atoms. The van der Waals surface area contributed by atoms with E-state index in [-0.39, 0.29) is 0 Å². The fraction of sp³-hybridized carbons (Fsp3) is 0.583. The average molecular weight is 308 g/mol. The summed E-state index contributed by atoms with van der Waals surface area (Å²) in [6.07, 6.45) is -3.56. The molecule has 8 heteroatoms. The number of alkyl halides is 3. The number of urea groups is 1. The molecule has 2 amide bonds. The Morgan fingerprint density at radius 3 is 2.70 bits per heavy atom. The van der Waals surface area contributed by atoms with Crippen LogP contribution in [0.1, 0.15) is 12.8 Å². The van der Waals surface area contributed by atoms with Gasteiger partial charge in [-0.25, -0.2) is 4.79 Å². The normalized spacial score (nSPS) is 16.9. The standard InChI is InChI=1S/C12H15F3N2O2S/c13-12(14,15)8-17(9-3-5-19-6-4-9)11(18)16-10-2-1-7-20-10/h1-2,7,9H,3-6,8H2,(H,16,18). The van der Waals surface area contributed by atoms with E-state index >= 15 is 0 Å². The fourth-order valence-electron chi connectivity index (χ4n) is 2.08. The first kappa shape index (κ1) is 15.1. The van der Waals surface area contributed by atoms with Crippen molar-refractivity contribution in [2.24, 2.45) is 0 Å². The molecule has 1 N–H and O–H groups in total. The number of halogens is 3. The molecule has 4 nitrogen and oxygen atoms in total. The third-order valence-corrected chi connectivity index (χ3v) is 3.78. The van der Waals surface area contributed by atoms with E-state index in [0.717, 1.165) is 4.90 Å². The highest BCUT2D eigenvalue weighted by Crippen LogP contribution is 2.24. The van der Waals surface area contributed by atoms with E-state index in [1.165, 1.54) is 11.3 Å². The Morgan fingerprint density at radius 2 is 2.15 bits per heavy atom. The van der Waals surface area contributed by atoms with Gasteiger partial charge in [-0.1, -0.05) is 0 Å². The van der Waals surface area contributed by atoms with Crippen LogP contribution in [0, 0.1) is 0 Å². The van der Waals surface area contributed by atoms with Crippen LogP contribution in [0.2, 0.25) is 0 Å². The van der Waals surface area contributed by atoms with Gasteiger partial charge in [0.1, 0.15) is 6.54 Å². The smallest absolute Gasteiger partial charge is 0.381 e. The van der Waals surface area contributed by atoms with Crippen molar-refractivity contribution < 1.29 is 22.7 Å². The summed E-state index contributed by atoms with van der Waals surface area (Å²) in [5.41, 5.74) is 0. The Kier molecular flexibility index (Phi) is 4.87. The van der Waals surface area contributed by atoms with Crippen molar-refractivity contribution in [2.75, 3.05) is 25.1 Å². The third kappa shape index (κ3) is 4.38. The number of hydrogen-bond donors (Lipinski definition) is 1. The van der Waals surface area contributed by atoms with Crippen LogP contribution in [0.5, 0.6) is 0 Å². The van der Waals surface area contributed by atoms with Crippen LogP contribution >= 0.6 is 11.3 Å². The Balaban J connectivity index is 2.06. The molecule has 20 heavy (non-hydrogen) atoms. The molecule has 0 bridgehead atoms. The lowest BCUT2D eigenvalue weighted by Gasteiger charge is -2.34. The van der Waals surface area contributed by atoms with Gasteiger partial charge in [-0.2, -0.15) is 13.2 Å². The van der Waals surface area contributed by atoms with Gasteiger partial charge in [-0.15, -0.1) is 11.3 Å². The number of nitrogens with zero attached hydrogens (tertiary/aromatic N) is 1. The molecule has 0 saturated carbocycles. The molecule has 0 radical (unpaired) electrons. The zero-order valence-corrected chi connectivity index (χ0v) is 11.5. The van der Waals surface area contributed by atoms with Gasteiger partial charge in [-0.05, 0) is 30.4 Å². The molecule has 1 aliphatic heterocycles. The number of amides is 2. The zero-order valence-electron chi connectivity index (χ0n) is 10.7. The second-order valence-electron chi connectivity index (χ2n) is 4.49. The number of rotatable bonds is 3. The fourth-order valence-corrected chi connectivity index (χ4v) is 2.69. The van der Waals surface area contributed by atoms with Crippen molar-refractivity contribution in [3.8, 4) is 0 Å². The minimum absolute atomic E-state index is 0.380. The van der Waals surface area contributed by atoms with Crippen molar-refractivity contribution in [3.63, 3.8) is 0 Å². The number of ether oxygens (including phenoxy) is 1. The van der Waals surface area contributed by atoms with Crippen LogP contribution < -0.4 is 5.32 Å². The summed E-state index contributed by atoms with van der Waals surface area (Å²) >= 11 is 1.27. The van der Waals surface area contributed by atoms with E-state index in [1.807, 2.05) is 0 Å². The molecule has 2 rings (SSSR count). The minimum atomic E-state index is -4.41. The van der Waals surface area contributed by atoms with Gasteiger partial charge in [0.2, 0.25) is 0 Å². The van der Waals surface area contributed by atoms with Crippen molar-refractivity contribution >= 4 is 22.4 Å². The van der Waals surface area contributed by atoms with Gasteiger partial charge in [-0.3, -0.25) is 5.32 Å². The SMILES string of the molecule is O=C(Nc1cccs1)N(CC(F)(F)F)C1CCOCC1. The maximum Gasteiger partial charge on any atom is 0.406 e. The summed E-state index contributed by atoms with van der Waals surface area (Å²) in [6, 6.07) is 2.23. The molecule has 0 aromatic carbocycles. The molecule has 0 unspecified atom stereocenters. The molecule has 1 aromatic heterocycles. The first-order valence-corrected chi connectivity index (χ1v) is 7.09. The molecule has 1 aliphatic rings. The van der Waals surface area contributed by atoms with E-state index in [9.17, 15) is 18.0 Å². The summed E-state index contributed by atoms with van der Waals surface area (Å²) in [4.78, 5) is 12.9. The van der Waals surface area contributed by atoms with Gasteiger partial charge in [0, 0.05) is 19.3 Å². The first-order chi connectivity index (χ1) is 9.46. The lowest BCUT2D eigenvalue weighted by molar-refractivity contribution is -0.146. The van der Waals surface area contributed by atoms with E-state index in [1.54, 1.807) is 17.5 Å². The van der Waals surface area contributed by atoms with Gasteiger partial charge < -0.3 is 9.64 Å². The molecule has 2 heterocycles. The van der Waals surface area contributed by atoms with Crippen LogP contribution in [-0.4, -0.2) is 42.9 Å². The lowest BCUT2D eigenvalue weighted by atomic mass is 10.1. The monoisotopic (exact) mass is 308 g/mol. The minimum Gasteiger partial charge on any atom is -0.381 e. The number of hydrogen-bond acceptors (Lipinski definition) is 3. The second-order valence-corrected chi connectivity index (χ2v) is 5.44. The second kappa shape index (κ2) is 6.45. The zero-order chi connectivity index (χ0) is 14.6. The average Bonchev–Trinajstić information content (AvgIpc) is 2.89. The van der Waals surface area contributed by atoms with Crippen LogP contribution in [0.4, 0.5) is 23.0 Å². The predicted molar refractivity (Wildman–Crippen MR) is 69.9 cm³/mol. The third-order valence-electron chi connectivity index (χ3n) is 2.99. The Hall–Kier alpha value is -1.28. The maximum absolute atomic E-state index is 12.6. The van der Waals surface area contributed by atoms with Crippen LogP contribution in [-0.2, 0) is 4.74 Å². The molecule has 0 aliphatic carbocycles. The van der Waals surface area contributed by atoms with E-state index in [0.29, 0.717) is 31.1 Å². The molecule has 1 aromatic rings. The highest BCUT2D eigenvalue weighted by Gasteiger charge is 2.37. The Morgan fingerprint density at radius 1 is 1.45 bits per heavy atom. The highest BCUT2D eigenvalue weighted by atomic mass is 32.1. The molecule has 112 valence electrons. The number of thiophene rings is 1. The Bertz CT molecular complexity index is 430. The largest absolute Gasteiger partial charge is 0.406 e. The lowest BCUT2D eigenvalue weighted by Crippen LogP contribution is -2.49. The molecule has 0 atom stereocenters. The number of anilines is 1. The van der Waals surface area contributed by atoms with Gasteiger partial charge >= 0.3 is 12.2 Å². The molecular formula is C12H15F3N2O2S. The maximum atomic E-state index is 12.6. The van der Waals surface area contributed by atoms with E-state index in [4.69, 9.17) is 4.74 Å². The predicted octanol–water partition coefficient (Wildman–Crippen LogP) is 3.32. The van der Waals surface area contributed by atoms with Gasteiger partial charge in [0.15, 0.2) is 0 Å². The number of carbonyl (C=O) groups is 1. The Labute approximate surface area is 118 Å². The van der Waals surface area contributed by atoms with Gasteiger partial charge in [0.05, 0.1) is 5.00 Å². The molecular weight excluding hydrogens is 293 g/mol. The van der Waals surface area contributed by atoms with E-state index < -0.39 is 24.8 Å².